The van der Waals surface area contributed by atoms with Crippen molar-refractivity contribution in [3.8, 4) is 0 Å². The fourth-order valence-corrected chi connectivity index (χ4v) is 2.00. The first-order chi connectivity index (χ1) is 7.91. The maximum Gasteiger partial charge on any atom is 0.252 e. The van der Waals surface area contributed by atoms with E-state index in [-0.39, 0.29) is 22.0 Å². The number of hydrogen-bond donors (Lipinski definition) is 2. The molecule has 17 heavy (non-hydrogen) atoms. The van der Waals surface area contributed by atoms with Gasteiger partial charge in [0, 0.05) is 6.04 Å². The van der Waals surface area contributed by atoms with Gasteiger partial charge in [-0.25, -0.2) is 4.39 Å². The average Bonchev–Trinajstić information content (AvgIpc) is 2.20. The summed E-state index contributed by atoms with van der Waals surface area (Å²) in [6.45, 7) is 3.44. The zero-order chi connectivity index (χ0) is 13.0. The molecule has 0 spiro atoms. The van der Waals surface area contributed by atoms with Crippen LogP contribution < -0.4 is 5.32 Å². The quantitative estimate of drug-likeness (QED) is 0.898. The van der Waals surface area contributed by atoms with Crippen molar-refractivity contribution in [3.63, 3.8) is 0 Å². The lowest BCUT2D eigenvalue weighted by Gasteiger charge is -2.16. The Labute approximate surface area is 108 Å². The minimum absolute atomic E-state index is 0.154. The summed E-state index contributed by atoms with van der Waals surface area (Å²) in [7, 11) is 0. The van der Waals surface area contributed by atoms with E-state index in [1.807, 2.05) is 0 Å². The minimum Gasteiger partial charge on any atom is -0.393 e. The molecule has 0 saturated carbocycles. The Morgan fingerprint density at radius 1 is 1.53 bits per heavy atom. The van der Waals surface area contributed by atoms with E-state index in [2.05, 4.69) is 21.2 Å². The summed E-state index contributed by atoms with van der Waals surface area (Å²) in [5.41, 5.74) is 0.252. The molecule has 2 atom stereocenters. The highest BCUT2D eigenvalue weighted by Crippen LogP contribution is 2.20. The highest BCUT2D eigenvalue weighted by atomic mass is 79.9. The summed E-state index contributed by atoms with van der Waals surface area (Å²) in [6, 6.07) is 4.13. The molecule has 0 heterocycles. The van der Waals surface area contributed by atoms with Crippen LogP contribution in [0.3, 0.4) is 0 Å². The van der Waals surface area contributed by atoms with Gasteiger partial charge >= 0.3 is 0 Å². The summed E-state index contributed by atoms with van der Waals surface area (Å²) in [5, 5.41) is 11.9. The second kappa shape index (κ2) is 6.12. The SMILES string of the molecule is CC(O)CC(C)NC(=O)c1cccc(F)c1Br. The van der Waals surface area contributed by atoms with Crippen LogP contribution in [-0.4, -0.2) is 23.2 Å². The number of rotatable bonds is 4. The number of nitrogens with one attached hydrogen (secondary N) is 1. The largest absolute Gasteiger partial charge is 0.393 e. The van der Waals surface area contributed by atoms with Crippen LogP contribution in [-0.2, 0) is 0 Å². The van der Waals surface area contributed by atoms with Crippen molar-refractivity contribution in [2.24, 2.45) is 0 Å². The Kier molecular flexibility index (Phi) is 5.08. The van der Waals surface area contributed by atoms with Crippen LogP contribution in [0.5, 0.6) is 0 Å². The maximum absolute atomic E-state index is 13.2. The molecule has 0 aromatic heterocycles. The number of carbonyl (C=O) groups excluding carboxylic acids is 1. The molecule has 1 amide bonds. The lowest BCUT2D eigenvalue weighted by molar-refractivity contribution is 0.0921. The highest BCUT2D eigenvalue weighted by Gasteiger charge is 2.15. The van der Waals surface area contributed by atoms with Crippen molar-refractivity contribution >= 4 is 21.8 Å². The van der Waals surface area contributed by atoms with Crippen molar-refractivity contribution in [2.45, 2.75) is 32.4 Å². The Morgan fingerprint density at radius 2 is 2.18 bits per heavy atom. The molecule has 2 unspecified atom stereocenters. The number of aliphatic hydroxyl groups is 1. The molecule has 1 rings (SSSR count). The standard InChI is InChI=1S/C12H15BrFNO2/c1-7(6-8(2)16)15-12(17)9-4-3-5-10(14)11(9)13/h3-5,7-8,16H,6H2,1-2H3,(H,15,17). The molecular formula is C12H15BrFNO2. The number of amides is 1. The Balaban J connectivity index is 2.73. The first-order valence-electron chi connectivity index (χ1n) is 5.34. The van der Waals surface area contributed by atoms with Gasteiger partial charge in [-0.15, -0.1) is 0 Å². The molecule has 0 fully saturated rings. The minimum atomic E-state index is -0.485. The first kappa shape index (κ1) is 14.1. The monoisotopic (exact) mass is 303 g/mol. The molecule has 0 aliphatic heterocycles. The molecule has 0 saturated heterocycles. The zero-order valence-corrected chi connectivity index (χ0v) is 11.3. The molecule has 0 aliphatic rings. The molecule has 0 bridgehead atoms. The summed E-state index contributed by atoms with van der Waals surface area (Å²) < 4.78 is 13.4. The van der Waals surface area contributed by atoms with Gasteiger partial charge in [0.2, 0.25) is 0 Å². The topological polar surface area (TPSA) is 49.3 Å². The van der Waals surface area contributed by atoms with Gasteiger partial charge in [0.25, 0.3) is 5.91 Å². The van der Waals surface area contributed by atoms with Crippen LogP contribution in [0.1, 0.15) is 30.6 Å². The van der Waals surface area contributed by atoms with Gasteiger partial charge < -0.3 is 10.4 Å². The van der Waals surface area contributed by atoms with Crippen molar-refractivity contribution in [1.29, 1.82) is 0 Å². The van der Waals surface area contributed by atoms with Crippen LogP contribution in [0.25, 0.3) is 0 Å². The van der Waals surface area contributed by atoms with E-state index in [9.17, 15) is 14.3 Å². The molecule has 2 N–H and O–H groups in total. The predicted octanol–water partition coefficient (Wildman–Crippen LogP) is 2.48. The van der Waals surface area contributed by atoms with Crippen molar-refractivity contribution < 1.29 is 14.3 Å². The highest BCUT2D eigenvalue weighted by molar-refractivity contribution is 9.10. The fourth-order valence-electron chi connectivity index (χ4n) is 1.55. The van der Waals surface area contributed by atoms with Crippen LogP contribution in [0.15, 0.2) is 22.7 Å². The molecule has 1 aromatic rings. The second-order valence-electron chi connectivity index (χ2n) is 4.06. The third-order valence-electron chi connectivity index (χ3n) is 2.27. The van der Waals surface area contributed by atoms with Crippen LogP contribution in [0, 0.1) is 5.82 Å². The smallest absolute Gasteiger partial charge is 0.252 e. The van der Waals surface area contributed by atoms with Crippen LogP contribution in [0.2, 0.25) is 0 Å². The van der Waals surface area contributed by atoms with Gasteiger partial charge in [0.1, 0.15) is 5.82 Å². The molecule has 0 aliphatic carbocycles. The predicted molar refractivity (Wildman–Crippen MR) is 67.3 cm³/mol. The van der Waals surface area contributed by atoms with E-state index < -0.39 is 11.9 Å². The van der Waals surface area contributed by atoms with Gasteiger partial charge in [0.05, 0.1) is 16.1 Å². The molecule has 5 heteroatoms. The van der Waals surface area contributed by atoms with Gasteiger partial charge in [-0.3, -0.25) is 4.79 Å². The molecule has 0 radical (unpaired) electrons. The van der Waals surface area contributed by atoms with Crippen molar-refractivity contribution in [2.75, 3.05) is 0 Å². The molecule has 94 valence electrons. The average molecular weight is 304 g/mol. The fraction of sp³-hybridized carbons (Fsp3) is 0.417. The van der Waals surface area contributed by atoms with E-state index in [0.29, 0.717) is 6.42 Å². The van der Waals surface area contributed by atoms with Crippen LogP contribution >= 0.6 is 15.9 Å². The van der Waals surface area contributed by atoms with Crippen LogP contribution in [0.4, 0.5) is 4.39 Å². The van der Waals surface area contributed by atoms with Gasteiger partial charge in [-0.05, 0) is 48.3 Å². The van der Waals surface area contributed by atoms with E-state index in [4.69, 9.17) is 0 Å². The van der Waals surface area contributed by atoms with Gasteiger partial charge in [-0.1, -0.05) is 6.07 Å². The van der Waals surface area contributed by atoms with Gasteiger partial charge in [-0.2, -0.15) is 0 Å². The third-order valence-corrected chi connectivity index (χ3v) is 3.07. The Hall–Kier alpha value is -0.940. The Bertz CT molecular complexity index is 409. The first-order valence-corrected chi connectivity index (χ1v) is 6.14. The number of halogens is 2. The number of aliphatic hydroxyl groups excluding tert-OH is 1. The molecule has 3 nitrogen and oxygen atoms in total. The Morgan fingerprint density at radius 3 is 2.76 bits per heavy atom. The number of hydrogen-bond acceptors (Lipinski definition) is 2. The van der Waals surface area contributed by atoms with Crippen molar-refractivity contribution in [1.82, 2.24) is 5.32 Å². The summed E-state index contributed by atoms with van der Waals surface area (Å²) >= 11 is 3.04. The zero-order valence-electron chi connectivity index (χ0n) is 9.71. The maximum atomic E-state index is 13.2. The molecule has 1 aromatic carbocycles. The van der Waals surface area contributed by atoms with E-state index in [1.54, 1.807) is 13.8 Å². The second-order valence-corrected chi connectivity index (χ2v) is 4.85. The van der Waals surface area contributed by atoms with E-state index in [1.165, 1.54) is 18.2 Å². The van der Waals surface area contributed by atoms with Crippen molar-refractivity contribution in [3.05, 3.63) is 34.1 Å². The molecular weight excluding hydrogens is 289 g/mol. The summed E-state index contributed by atoms with van der Waals surface area (Å²) in [5.74, 6) is -0.828. The summed E-state index contributed by atoms with van der Waals surface area (Å²) in [4.78, 5) is 11.8. The lowest BCUT2D eigenvalue weighted by Crippen LogP contribution is -2.34. The third kappa shape index (κ3) is 4.09. The summed E-state index contributed by atoms with van der Waals surface area (Å²) in [6.07, 6.45) is -0.0279. The number of benzene rings is 1. The van der Waals surface area contributed by atoms with E-state index >= 15 is 0 Å². The lowest BCUT2D eigenvalue weighted by atomic mass is 10.1. The van der Waals surface area contributed by atoms with E-state index in [0.717, 1.165) is 0 Å². The number of carbonyl (C=O) groups is 1. The van der Waals surface area contributed by atoms with Gasteiger partial charge in [0.15, 0.2) is 0 Å². The normalized spacial score (nSPS) is 14.2.